The largest absolute Gasteiger partial charge is 0.466 e. The van der Waals surface area contributed by atoms with E-state index in [1.54, 1.807) is 0 Å². The summed E-state index contributed by atoms with van der Waals surface area (Å²) in [7, 11) is -2.40. The summed E-state index contributed by atoms with van der Waals surface area (Å²) in [5.41, 5.74) is 0.360. The Hall–Kier alpha value is -0.960. The first-order valence-corrected chi connectivity index (χ1v) is 9.66. The van der Waals surface area contributed by atoms with Crippen LogP contribution >= 0.6 is 0 Å². The second kappa shape index (κ2) is 6.16. The summed E-state index contributed by atoms with van der Waals surface area (Å²) >= 11 is 0. The maximum atomic E-state index is 11.8. The van der Waals surface area contributed by atoms with Crippen LogP contribution in [0.15, 0.2) is 11.6 Å². The van der Waals surface area contributed by atoms with Crippen molar-refractivity contribution in [3.05, 3.63) is 11.6 Å². The Balaban J connectivity index is 1.86. The van der Waals surface area contributed by atoms with Crippen LogP contribution in [0, 0.1) is 0 Å². The summed E-state index contributed by atoms with van der Waals surface area (Å²) in [6, 6.07) is 0. The van der Waals surface area contributed by atoms with E-state index in [9.17, 15) is 13.2 Å². The third kappa shape index (κ3) is 3.60. The second-order valence-electron chi connectivity index (χ2n) is 6.36. The summed E-state index contributed by atoms with van der Waals surface area (Å²) < 4.78 is 45.2. The zero-order valence-electron chi connectivity index (χ0n) is 13.3. The van der Waals surface area contributed by atoms with Gasteiger partial charge < -0.3 is 14.2 Å². The van der Waals surface area contributed by atoms with Gasteiger partial charge in [-0.15, -0.1) is 0 Å². The predicted octanol–water partition coefficient (Wildman–Crippen LogP) is 1.28. The normalized spacial score (nSPS) is 33.1. The predicted molar refractivity (Wildman–Crippen MR) is 80.0 cm³/mol. The molecule has 0 aromatic heterocycles. The lowest BCUT2D eigenvalue weighted by atomic mass is 9.92. The highest BCUT2D eigenvalue weighted by molar-refractivity contribution is 7.86. The molecule has 2 fully saturated rings. The molecule has 1 saturated carbocycles. The second-order valence-corrected chi connectivity index (χ2v) is 7.96. The number of ether oxygens (including phenoxy) is 3. The Morgan fingerprint density at radius 3 is 2.57 bits per heavy atom. The van der Waals surface area contributed by atoms with Crippen molar-refractivity contribution in [2.75, 3.05) is 13.4 Å². The van der Waals surface area contributed by atoms with Gasteiger partial charge in [-0.1, -0.05) is 6.42 Å². The van der Waals surface area contributed by atoms with E-state index < -0.39 is 40.2 Å². The molecule has 23 heavy (non-hydrogen) atoms. The average Bonchev–Trinajstić information content (AvgIpc) is 2.83. The molecule has 2 aliphatic carbocycles. The van der Waals surface area contributed by atoms with E-state index in [4.69, 9.17) is 18.4 Å². The van der Waals surface area contributed by atoms with Gasteiger partial charge in [-0.25, -0.2) is 4.79 Å². The van der Waals surface area contributed by atoms with Crippen molar-refractivity contribution >= 4 is 16.1 Å². The standard InChI is InChI=1S/C15H22O7S/c1-19-14(16)10-8-11-13(12(9-10)22-23(2,17)18)21-15(20-11)6-4-3-5-7-15/h9,11-13H,3-8H2,1-2H3/t11-,12+,13-/m1/s1. The number of rotatable bonds is 3. The summed E-state index contributed by atoms with van der Waals surface area (Å²) in [4.78, 5) is 11.8. The molecule has 0 amide bonds. The number of carbonyl (C=O) groups is 1. The monoisotopic (exact) mass is 346 g/mol. The minimum atomic E-state index is -3.69. The summed E-state index contributed by atoms with van der Waals surface area (Å²) in [5, 5.41) is 0. The number of methoxy groups -OCH3 is 1. The summed E-state index contributed by atoms with van der Waals surface area (Å²) in [5.74, 6) is -1.18. The molecule has 130 valence electrons. The van der Waals surface area contributed by atoms with Gasteiger partial charge in [0.1, 0.15) is 12.2 Å². The molecule has 0 unspecified atom stereocenters. The van der Waals surface area contributed by atoms with E-state index in [1.807, 2.05) is 0 Å². The Morgan fingerprint density at radius 2 is 1.96 bits per heavy atom. The third-order valence-corrected chi connectivity index (χ3v) is 5.11. The molecular formula is C15H22O7S. The van der Waals surface area contributed by atoms with E-state index >= 15 is 0 Å². The Morgan fingerprint density at radius 1 is 1.26 bits per heavy atom. The first-order chi connectivity index (χ1) is 10.8. The van der Waals surface area contributed by atoms with E-state index in [-0.39, 0.29) is 0 Å². The molecule has 0 radical (unpaired) electrons. The van der Waals surface area contributed by atoms with Crippen LogP contribution < -0.4 is 0 Å². The van der Waals surface area contributed by atoms with Gasteiger partial charge in [0.15, 0.2) is 5.79 Å². The Labute approximate surface area is 136 Å². The van der Waals surface area contributed by atoms with Crippen molar-refractivity contribution in [1.29, 1.82) is 0 Å². The van der Waals surface area contributed by atoms with Crippen molar-refractivity contribution in [3.63, 3.8) is 0 Å². The number of hydrogen-bond acceptors (Lipinski definition) is 7. The summed E-state index contributed by atoms with van der Waals surface area (Å²) in [6.07, 6.45) is 5.70. The van der Waals surface area contributed by atoms with E-state index in [1.165, 1.54) is 13.2 Å². The third-order valence-electron chi connectivity index (χ3n) is 4.54. The van der Waals surface area contributed by atoms with Crippen LogP contribution in [0.2, 0.25) is 0 Å². The molecule has 1 aliphatic heterocycles. The highest BCUT2D eigenvalue weighted by Gasteiger charge is 2.53. The molecule has 1 saturated heterocycles. The van der Waals surface area contributed by atoms with Crippen LogP contribution in [0.3, 0.4) is 0 Å². The molecule has 3 atom stereocenters. The SMILES string of the molecule is COC(=O)C1=C[C@H](OS(C)(=O)=O)[C@@H]2OC3(CCCCC3)O[C@@H]2C1. The van der Waals surface area contributed by atoms with Gasteiger partial charge in [0.2, 0.25) is 0 Å². The maximum absolute atomic E-state index is 11.8. The lowest BCUT2D eigenvalue weighted by molar-refractivity contribution is -0.197. The minimum absolute atomic E-state index is 0.336. The van der Waals surface area contributed by atoms with Crippen LogP contribution in [0.25, 0.3) is 0 Å². The number of carbonyl (C=O) groups excluding carboxylic acids is 1. The van der Waals surface area contributed by atoms with Gasteiger partial charge in [-0.3, -0.25) is 4.18 Å². The highest BCUT2D eigenvalue weighted by atomic mass is 32.2. The van der Waals surface area contributed by atoms with Gasteiger partial charge in [-0.05, 0) is 18.9 Å². The zero-order chi connectivity index (χ0) is 16.7. The molecule has 0 aromatic carbocycles. The van der Waals surface area contributed by atoms with Crippen molar-refractivity contribution in [2.24, 2.45) is 0 Å². The Bertz CT molecular complexity index is 603. The number of fused-ring (bicyclic) bond motifs is 1. The van der Waals surface area contributed by atoms with Crippen molar-refractivity contribution in [1.82, 2.24) is 0 Å². The first kappa shape index (κ1) is 16.9. The first-order valence-electron chi connectivity index (χ1n) is 7.85. The molecule has 7 nitrogen and oxygen atoms in total. The van der Waals surface area contributed by atoms with Crippen LogP contribution in [-0.4, -0.2) is 51.9 Å². The fraction of sp³-hybridized carbons (Fsp3) is 0.800. The quantitative estimate of drug-likeness (QED) is 0.562. The lowest BCUT2D eigenvalue weighted by Gasteiger charge is -2.32. The molecule has 3 aliphatic rings. The average molecular weight is 346 g/mol. The van der Waals surface area contributed by atoms with Crippen molar-refractivity contribution in [3.8, 4) is 0 Å². The van der Waals surface area contributed by atoms with Crippen molar-refractivity contribution < 1.29 is 31.6 Å². The highest BCUT2D eigenvalue weighted by Crippen LogP contribution is 2.45. The van der Waals surface area contributed by atoms with Crippen LogP contribution in [-0.2, 0) is 33.3 Å². The molecule has 1 heterocycles. The number of hydrogen-bond donors (Lipinski definition) is 0. The molecule has 0 bridgehead atoms. The molecule has 3 rings (SSSR count). The number of esters is 1. The molecule has 8 heteroatoms. The smallest absolute Gasteiger partial charge is 0.333 e. The fourth-order valence-corrected chi connectivity index (χ4v) is 4.17. The zero-order valence-corrected chi connectivity index (χ0v) is 14.1. The van der Waals surface area contributed by atoms with Gasteiger partial charge in [-0.2, -0.15) is 8.42 Å². The van der Waals surface area contributed by atoms with Gasteiger partial charge in [0, 0.05) is 24.8 Å². The maximum Gasteiger partial charge on any atom is 0.333 e. The molecule has 0 aromatic rings. The van der Waals surface area contributed by atoms with Crippen molar-refractivity contribution in [2.45, 2.75) is 62.6 Å². The van der Waals surface area contributed by atoms with Crippen LogP contribution in [0.4, 0.5) is 0 Å². The Kier molecular flexibility index (Phi) is 4.52. The molecular weight excluding hydrogens is 324 g/mol. The topological polar surface area (TPSA) is 88.1 Å². The summed E-state index contributed by atoms with van der Waals surface area (Å²) in [6.45, 7) is 0. The lowest BCUT2D eigenvalue weighted by Crippen LogP contribution is -2.42. The molecule has 0 N–H and O–H groups in total. The van der Waals surface area contributed by atoms with Crippen LogP contribution in [0.1, 0.15) is 38.5 Å². The van der Waals surface area contributed by atoms with Gasteiger partial charge in [0.05, 0.1) is 19.5 Å². The van der Waals surface area contributed by atoms with Crippen LogP contribution in [0.5, 0.6) is 0 Å². The molecule has 1 spiro atoms. The van der Waals surface area contributed by atoms with E-state index in [0.29, 0.717) is 12.0 Å². The van der Waals surface area contributed by atoms with E-state index in [0.717, 1.165) is 38.4 Å². The minimum Gasteiger partial charge on any atom is -0.466 e. The van der Waals surface area contributed by atoms with E-state index in [2.05, 4.69) is 0 Å². The van der Waals surface area contributed by atoms with Gasteiger partial charge >= 0.3 is 5.97 Å². The van der Waals surface area contributed by atoms with Gasteiger partial charge in [0.25, 0.3) is 10.1 Å². The fourth-order valence-electron chi connectivity index (χ4n) is 3.60.